The molecule has 1 aliphatic heterocycles. The van der Waals surface area contributed by atoms with Crippen LogP contribution in [0, 0.1) is 5.41 Å². The highest BCUT2D eigenvalue weighted by Crippen LogP contribution is 2.37. The smallest absolute Gasteiger partial charge is 0.319 e. The predicted molar refractivity (Wildman–Crippen MR) is 95.2 cm³/mol. The lowest BCUT2D eigenvalue weighted by Crippen LogP contribution is -2.42. The molecule has 24 heavy (non-hydrogen) atoms. The molecule has 1 unspecified atom stereocenters. The van der Waals surface area contributed by atoms with E-state index in [-0.39, 0.29) is 12.0 Å². The third-order valence-corrected chi connectivity index (χ3v) is 4.97. The second-order valence-corrected chi connectivity index (χ2v) is 7.14. The first-order chi connectivity index (χ1) is 11.5. The van der Waals surface area contributed by atoms with Gasteiger partial charge in [-0.3, -0.25) is 9.69 Å². The Kier molecular flexibility index (Phi) is 6.72. The van der Waals surface area contributed by atoms with Crippen LogP contribution in [0.2, 0.25) is 0 Å². The molecule has 0 radical (unpaired) electrons. The molecule has 0 spiro atoms. The molecule has 2 N–H and O–H groups in total. The number of carbonyl (C=O) groups excluding carboxylic acids is 1. The molecule has 136 valence electrons. The van der Waals surface area contributed by atoms with Gasteiger partial charge in [-0.2, -0.15) is 0 Å². The first-order valence-electron chi connectivity index (χ1n) is 9.19. The van der Waals surface area contributed by atoms with Crippen LogP contribution in [0.5, 0.6) is 0 Å². The van der Waals surface area contributed by atoms with E-state index in [1.165, 1.54) is 19.3 Å². The lowest BCUT2D eigenvalue weighted by molar-refractivity contribution is -0.156. The summed E-state index contributed by atoms with van der Waals surface area (Å²) in [4.78, 5) is 15.2. The fourth-order valence-electron chi connectivity index (χ4n) is 3.21. The van der Waals surface area contributed by atoms with Gasteiger partial charge in [0, 0.05) is 11.7 Å². The van der Waals surface area contributed by atoms with E-state index >= 15 is 0 Å². The number of nitrogens with two attached hydrogens (primary N) is 1. The molecule has 0 aromatic carbocycles. The van der Waals surface area contributed by atoms with Crippen molar-refractivity contribution in [3.05, 3.63) is 23.6 Å². The van der Waals surface area contributed by atoms with Crippen molar-refractivity contribution in [2.24, 2.45) is 11.1 Å². The van der Waals surface area contributed by atoms with E-state index in [0.717, 1.165) is 19.5 Å². The van der Waals surface area contributed by atoms with Gasteiger partial charge in [0.1, 0.15) is 17.8 Å². The topological polar surface area (TPSA) is 64.8 Å². The van der Waals surface area contributed by atoms with Gasteiger partial charge in [0.15, 0.2) is 0 Å². The van der Waals surface area contributed by atoms with Gasteiger partial charge >= 0.3 is 5.97 Å². The van der Waals surface area contributed by atoms with Crippen molar-refractivity contribution in [2.75, 3.05) is 26.3 Å². The monoisotopic (exact) mass is 336 g/mol. The Hall–Kier alpha value is -1.49. The zero-order valence-electron chi connectivity index (χ0n) is 15.3. The largest absolute Gasteiger partial charge is 0.497 e. The maximum absolute atomic E-state index is 12.8. The molecule has 5 heteroatoms. The fourth-order valence-corrected chi connectivity index (χ4v) is 3.21. The highest BCUT2D eigenvalue weighted by atomic mass is 16.5. The number of hydrogen-bond acceptors (Lipinski definition) is 5. The normalized spacial score (nSPS) is 26.3. The SMILES string of the molecule is CCCOC1=CC(N)=CCC1(C)C(=O)OC[C@H](C)N1CCCCC1. The van der Waals surface area contributed by atoms with Gasteiger partial charge in [0.25, 0.3) is 0 Å². The van der Waals surface area contributed by atoms with E-state index < -0.39 is 5.41 Å². The summed E-state index contributed by atoms with van der Waals surface area (Å²) in [6, 6.07) is 0.256. The van der Waals surface area contributed by atoms with Crippen LogP contribution in [0.15, 0.2) is 23.6 Å². The lowest BCUT2D eigenvalue weighted by atomic mass is 9.81. The molecule has 0 saturated carbocycles. The van der Waals surface area contributed by atoms with Crippen LogP contribution in [0.4, 0.5) is 0 Å². The molecule has 1 heterocycles. The van der Waals surface area contributed by atoms with Crippen LogP contribution < -0.4 is 5.73 Å². The number of piperidine rings is 1. The van der Waals surface area contributed by atoms with E-state index in [0.29, 0.717) is 31.1 Å². The zero-order chi connectivity index (χ0) is 17.6. The van der Waals surface area contributed by atoms with E-state index in [1.54, 1.807) is 6.08 Å². The molecule has 0 amide bonds. The van der Waals surface area contributed by atoms with Gasteiger partial charge in [0.05, 0.1) is 6.61 Å². The molecular weight excluding hydrogens is 304 g/mol. The van der Waals surface area contributed by atoms with Gasteiger partial charge in [-0.1, -0.05) is 19.4 Å². The summed E-state index contributed by atoms with van der Waals surface area (Å²) < 4.78 is 11.5. The minimum atomic E-state index is -0.778. The van der Waals surface area contributed by atoms with Crippen molar-refractivity contribution in [1.82, 2.24) is 4.90 Å². The Balaban J connectivity index is 1.95. The number of nitrogens with zero attached hydrogens (tertiary/aromatic N) is 1. The summed E-state index contributed by atoms with van der Waals surface area (Å²) in [5.41, 5.74) is 5.75. The molecule has 0 aromatic heterocycles. The first kappa shape index (κ1) is 18.8. The van der Waals surface area contributed by atoms with Crippen LogP contribution in [-0.4, -0.2) is 43.2 Å². The van der Waals surface area contributed by atoms with Gasteiger partial charge in [-0.25, -0.2) is 0 Å². The molecule has 1 fully saturated rings. The van der Waals surface area contributed by atoms with Crippen LogP contribution in [0.1, 0.15) is 52.9 Å². The fraction of sp³-hybridized carbons (Fsp3) is 0.737. The highest BCUT2D eigenvalue weighted by Gasteiger charge is 2.41. The summed E-state index contributed by atoms with van der Waals surface area (Å²) in [6.45, 7) is 9.24. The Morgan fingerprint density at radius 2 is 2.08 bits per heavy atom. The third-order valence-electron chi connectivity index (χ3n) is 4.97. The van der Waals surface area contributed by atoms with Crippen LogP contribution in [0.25, 0.3) is 0 Å². The molecule has 0 bridgehead atoms. The van der Waals surface area contributed by atoms with E-state index in [2.05, 4.69) is 11.8 Å². The van der Waals surface area contributed by atoms with E-state index in [9.17, 15) is 4.79 Å². The molecule has 1 aliphatic carbocycles. The molecular formula is C19H32N2O3. The molecule has 0 aromatic rings. The van der Waals surface area contributed by atoms with Crippen molar-refractivity contribution in [2.45, 2.75) is 58.9 Å². The van der Waals surface area contributed by atoms with Crippen molar-refractivity contribution in [3.8, 4) is 0 Å². The van der Waals surface area contributed by atoms with Gasteiger partial charge in [-0.05, 0) is 58.7 Å². The van der Waals surface area contributed by atoms with Crippen molar-refractivity contribution in [3.63, 3.8) is 0 Å². The number of rotatable bonds is 7. The maximum atomic E-state index is 12.8. The van der Waals surface area contributed by atoms with Crippen molar-refractivity contribution in [1.29, 1.82) is 0 Å². The number of carbonyl (C=O) groups is 1. The van der Waals surface area contributed by atoms with Crippen LogP contribution >= 0.6 is 0 Å². The number of esters is 1. The average molecular weight is 336 g/mol. The number of ether oxygens (including phenoxy) is 2. The first-order valence-corrected chi connectivity index (χ1v) is 9.19. The minimum Gasteiger partial charge on any atom is -0.497 e. The molecule has 2 atom stereocenters. The van der Waals surface area contributed by atoms with E-state index in [4.69, 9.17) is 15.2 Å². The second-order valence-electron chi connectivity index (χ2n) is 7.14. The average Bonchev–Trinajstić information content (AvgIpc) is 2.60. The third kappa shape index (κ3) is 4.53. The van der Waals surface area contributed by atoms with Gasteiger partial charge < -0.3 is 15.2 Å². The molecule has 1 saturated heterocycles. The summed E-state index contributed by atoms with van der Waals surface area (Å²) in [7, 11) is 0. The maximum Gasteiger partial charge on any atom is 0.319 e. The summed E-state index contributed by atoms with van der Waals surface area (Å²) >= 11 is 0. The summed E-state index contributed by atoms with van der Waals surface area (Å²) in [5.74, 6) is 0.400. The standard InChI is InChI=1S/C19H32N2O3/c1-4-12-23-17-13-16(20)8-9-19(17,3)18(22)24-14-15(2)21-10-6-5-7-11-21/h8,13,15H,4-7,9-12,14,20H2,1-3H3/t15-,19?/m0/s1. The number of allylic oxidation sites excluding steroid dienone is 2. The molecule has 2 aliphatic rings. The quantitative estimate of drug-likeness (QED) is 0.724. The van der Waals surface area contributed by atoms with Crippen molar-refractivity contribution < 1.29 is 14.3 Å². The highest BCUT2D eigenvalue weighted by molar-refractivity contribution is 5.80. The van der Waals surface area contributed by atoms with Gasteiger partial charge in [-0.15, -0.1) is 0 Å². The van der Waals surface area contributed by atoms with Crippen LogP contribution in [-0.2, 0) is 14.3 Å². The summed E-state index contributed by atoms with van der Waals surface area (Å²) in [6.07, 6.45) is 8.80. The Bertz CT molecular complexity index is 495. The lowest BCUT2D eigenvalue weighted by Gasteiger charge is -2.34. The number of likely N-dealkylation sites (tertiary alicyclic amines) is 1. The van der Waals surface area contributed by atoms with Crippen molar-refractivity contribution >= 4 is 5.97 Å². The van der Waals surface area contributed by atoms with E-state index in [1.807, 2.05) is 19.9 Å². The summed E-state index contributed by atoms with van der Waals surface area (Å²) in [5, 5.41) is 0. The Labute approximate surface area is 145 Å². The Morgan fingerprint density at radius 1 is 1.38 bits per heavy atom. The van der Waals surface area contributed by atoms with Crippen LogP contribution in [0.3, 0.4) is 0 Å². The predicted octanol–water partition coefficient (Wildman–Crippen LogP) is 2.97. The minimum absolute atomic E-state index is 0.225. The van der Waals surface area contributed by atoms with Gasteiger partial charge in [0.2, 0.25) is 0 Å². The Morgan fingerprint density at radius 3 is 2.75 bits per heavy atom. The zero-order valence-corrected chi connectivity index (χ0v) is 15.3. The molecule has 2 rings (SSSR count). The molecule has 5 nitrogen and oxygen atoms in total. The second kappa shape index (κ2) is 8.56. The number of hydrogen-bond donors (Lipinski definition) is 1.